The minimum atomic E-state index is -0.216. The van der Waals surface area contributed by atoms with E-state index in [0.717, 1.165) is 29.4 Å². The highest BCUT2D eigenvalue weighted by Crippen LogP contribution is 2.27. The lowest BCUT2D eigenvalue weighted by atomic mass is 10.1. The van der Waals surface area contributed by atoms with Gasteiger partial charge in [-0.25, -0.2) is 4.39 Å². The minimum absolute atomic E-state index is 0.216. The van der Waals surface area contributed by atoms with Gasteiger partial charge in [-0.3, -0.25) is 0 Å². The first kappa shape index (κ1) is 15.8. The summed E-state index contributed by atoms with van der Waals surface area (Å²) in [6.07, 6.45) is 0. The summed E-state index contributed by atoms with van der Waals surface area (Å²) in [4.78, 5) is 2.06. The molecule has 2 nitrogen and oxygen atoms in total. The zero-order valence-electron chi connectivity index (χ0n) is 12.4. The molecule has 0 aliphatic rings. The summed E-state index contributed by atoms with van der Waals surface area (Å²) >= 11 is 6.37. The molecule has 0 unspecified atom stereocenters. The maximum atomic E-state index is 12.9. The Morgan fingerprint density at radius 3 is 2.38 bits per heavy atom. The van der Waals surface area contributed by atoms with Crippen molar-refractivity contribution in [2.24, 2.45) is 0 Å². The lowest BCUT2D eigenvalue weighted by molar-refractivity contribution is 0.627. The molecule has 21 heavy (non-hydrogen) atoms. The summed E-state index contributed by atoms with van der Waals surface area (Å²) in [5.41, 5.74) is 3.19. The van der Waals surface area contributed by atoms with Crippen LogP contribution >= 0.6 is 11.6 Å². The van der Waals surface area contributed by atoms with Crippen LogP contribution in [0.4, 0.5) is 10.1 Å². The maximum absolute atomic E-state index is 12.9. The molecule has 2 aromatic rings. The van der Waals surface area contributed by atoms with E-state index < -0.39 is 0 Å². The Balaban J connectivity index is 2.08. The molecule has 1 N–H and O–H groups in total. The first-order chi connectivity index (χ1) is 10.1. The SMILES string of the molecule is CCNCc1ccc(N(C)Cc2ccc(F)cc2)c(Cl)c1. The summed E-state index contributed by atoms with van der Waals surface area (Å²) in [6.45, 7) is 4.51. The molecule has 0 amide bonds. The number of benzene rings is 2. The van der Waals surface area contributed by atoms with Gasteiger partial charge in [0.05, 0.1) is 10.7 Å². The topological polar surface area (TPSA) is 15.3 Å². The van der Waals surface area contributed by atoms with Crippen molar-refractivity contribution >= 4 is 17.3 Å². The van der Waals surface area contributed by atoms with Crippen LogP contribution in [-0.4, -0.2) is 13.6 Å². The number of anilines is 1. The van der Waals surface area contributed by atoms with Crippen LogP contribution in [0.2, 0.25) is 5.02 Å². The molecule has 2 aromatic carbocycles. The summed E-state index contributed by atoms with van der Waals surface area (Å²) < 4.78 is 12.9. The molecule has 0 fully saturated rings. The number of nitrogens with one attached hydrogen (secondary N) is 1. The number of hydrogen-bond acceptors (Lipinski definition) is 2. The van der Waals surface area contributed by atoms with Crippen LogP contribution in [0.1, 0.15) is 18.1 Å². The first-order valence-electron chi connectivity index (χ1n) is 7.05. The lowest BCUT2D eigenvalue weighted by Gasteiger charge is -2.21. The Morgan fingerprint density at radius 2 is 1.76 bits per heavy atom. The molecular formula is C17H20ClFN2. The van der Waals surface area contributed by atoms with Crippen LogP contribution in [0, 0.1) is 5.82 Å². The van der Waals surface area contributed by atoms with Crippen molar-refractivity contribution in [1.29, 1.82) is 0 Å². The second kappa shape index (κ2) is 7.43. The van der Waals surface area contributed by atoms with E-state index in [-0.39, 0.29) is 5.82 Å². The predicted octanol–water partition coefficient (Wildman–Crippen LogP) is 4.23. The van der Waals surface area contributed by atoms with Crippen LogP contribution in [0.25, 0.3) is 0 Å². The summed E-state index contributed by atoms with van der Waals surface area (Å²) in [7, 11) is 1.98. The number of rotatable bonds is 6. The van der Waals surface area contributed by atoms with Gasteiger partial charge in [-0.1, -0.05) is 36.7 Å². The normalized spacial score (nSPS) is 10.7. The van der Waals surface area contributed by atoms with Crippen molar-refractivity contribution in [1.82, 2.24) is 5.32 Å². The highest BCUT2D eigenvalue weighted by molar-refractivity contribution is 6.33. The fourth-order valence-electron chi connectivity index (χ4n) is 2.19. The standard InChI is InChI=1S/C17H20ClFN2/c1-3-20-11-14-6-9-17(16(18)10-14)21(2)12-13-4-7-15(19)8-5-13/h4-10,20H,3,11-12H2,1-2H3. The average molecular weight is 307 g/mol. The highest BCUT2D eigenvalue weighted by Gasteiger charge is 2.08. The predicted molar refractivity (Wildman–Crippen MR) is 87.3 cm³/mol. The summed E-state index contributed by atoms with van der Waals surface area (Å²) in [6, 6.07) is 12.6. The molecule has 0 heterocycles. The largest absolute Gasteiger partial charge is 0.369 e. The number of hydrogen-bond donors (Lipinski definition) is 1. The molecule has 0 aromatic heterocycles. The second-order valence-electron chi connectivity index (χ2n) is 5.05. The van der Waals surface area contributed by atoms with Crippen LogP contribution in [0.3, 0.4) is 0 Å². The van der Waals surface area contributed by atoms with E-state index in [2.05, 4.69) is 23.2 Å². The minimum Gasteiger partial charge on any atom is -0.369 e. The molecule has 0 radical (unpaired) electrons. The van der Waals surface area contributed by atoms with E-state index in [1.807, 2.05) is 19.2 Å². The van der Waals surface area contributed by atoms with Gasteiger partial charge >= 0.3 is 0 Å². The molecule has 0 atom stereocenters. The molecular weight excluding hydrogens is 287 g/mol. The zero-order valence-corrected chi connectivity index (χ0v) is 13.1. The lowest BCUT2D eigenvalue weighted by Crippen LogP contribution is -2.17. The Bertz CT molecular complexity index is 584. The van der Waals surface area contributed by atoms with Crippen molar-refractivity contribution < 1.29 is 4.39 Å². The Labute approximate surface area is 130 Å². The number of nitrogens with zero attached hydrogens (tertiary/aromatic N) is 1. The number of halogens is 2. The van der Waals surface area contributed by atoms with Crippen molar-refractivity contribution in [3.05, 3.63) is 64.4 Å². The van der Waals surface area contributed by atoms with Gasteiger partial charge in [0.25, 0.3) is 0 Å². The maximum Gasteiger partial charge on any atom is 0.123 e. The quantitative estimate of drug-likeness (QED) is 0.859. The van der Waals surface area contributed by atoms with E-state index in [1.54, 1.807) is 12.1 Å². The molecule has 4 heteroatoms. The average Bonchev–Trinajstić information content (AvgIpc) is 2.47. The van der Waals surface area contributed by atoms with Crippen LogP contribution < -0.4 is 10.2 Å². The Kier molecular flexibility index (Phi) is 5.59. The van der Waals surface area contributed by atoms with Gasteiger partial charge in [-0.05, 0) is 41.9 Å². The van der Waals surface area contributed by atoms with Gasteiger partial charge in [0.1, 0.15) is 5.82 Å². The second-order valence-corrected chi connectivity index (χ2v) is 5.46. The fourth-order valence-corrected chi connectivity index (χ4v) is 2.54. The van der Waals surface area contributed by atoms with Crippen molar-refractivity contribution in [2.45, 2.75) is 20.0 Å². The molecule has 2 rings (SSSR count). The van der Waals surface area contributed by atoms with Gasteiger partial charge in [-0.15, -0.1) is 0 Å². The molecule has 112 valence electrons. The fraction of sp³-hybridized carbons (Fsp3) is 0.294. The van der Waals surface area contributed by atoms with E-state index in [9.17, 15) is 4.39 Å². The molecule has 0 bridgehead atoms. The van der Waals surface area contributed by atoms with Gasteiger partial charge < -0.3 is 10.2 Å². The van der Waals surface area contributed by atoms with Gasteiger partial charge in [0.2, 0.25) is 0 Å². The van der Waals surface area contributed by atoms with Crippen LogP contribution in [0.15, 0.2) is 42.5 Å². The van der Waals surface area contributed by atoms with E-state index in [0.29, 0.717) is 6.54 Å². The smallest absolute Gasteiger partial charge is 0.123 e. The Hall–Kier alpha value is -1.58. The summed E-state index contributed by atoms with van der Waals surface area (Å²) in [5, 5.41) is 4.01. The van der Waals surface area contributed by atoms with Crippen molar-refractivity contribution in [3.63, 3.8) is 0 Å². The Morgan fingerprint density at radius 1 is 1.10 bits per heavy atom. The monoisotopic (exact) mass is 306 g/mol. The third-order valence-electron chi connectivity index (χ3n) is 3.34. The van der Waals surface area contributed by atoms with Crippen LogP contribution in [0.5, 0.6) is 0 Å². The highest BCUT2D eigenvalue weighted by atomic mass is 35.5. The third-order valence-corrected chi connectivity index (χ3v) is 3.64. The van der Waals surface area contributed by atoms with E-state index in [1.165, 1.54) is 17.7 Å². The van der Waals surface area contributed by atoms with Gasteiger partial charge in [-0.2, -0.15) is 0 Å². The van der Waals surface area contributed by atoms with Gasteiger partial charge in [0, 0.05) is 20.1 Å². The third kappa shape index (κ3) is 4.45. The first-order valence-corrected chi connectivity index (χ1v) is 7.42. The molecule has 0 aliphatic heterocycles. The zero-order chi connectivity index (χ0) is 15.2. The van der Waals surface area contributed by atoms with E-state index >= 15 is 0 Å². The molecule has 0 saturated carbocycles. The van der Waals surface area contributed by atoms with Gasteiger partial charge in [0.15, 0.2) is 0 Å². The van der Waals surface area contributed by atoms with Crippen molar-refractivity contribution in [3.8, 4) is 0 Å². The van der Waals surface area contributed by atoms with Crippen molar-refractivity contribution in [2.75, 3.05) is 18.5 Å². The molecule has 0 aliphatic carbocycles. The molecule has 0 saturated heterocycles. The van der Waals surface area contributed by atoms with Crippen LogP contribution in [-0.2, 0) is 13.1 Å². The van der Waals surface area contributed by atoms with E-state index in [4.69, 9.17) is 11.6 Å². The summed E-state index contributed by atoms with van der Waals surface area (Å²) in [5.74, 6) is -0.216. The molecule has 0 spiro atoms.